The molecule has 0 spiro atoms. The van der Waals surface area contributed by atoms with Crippen molar-refractivity contribution >= 4 is 11.8 Å². The third kappa shape index (κ3) is 7.68. The van der Waals surface area contributed by atoms with Crippen LogP contribution in [0.2, 0.25) is 0 Å². The van der Waals surface area contributed by atoms with E-state index in [9.17, 15) is 14.0 Å². The van der Waals surface area contributed by atoms with Gasteiger partial charge in [-0.25, -0.2) is 4.39 Å². The van der Waals surface area contributed by atoms with Crippen LogP contribution in [0, 0.1) is 11.7 Å². The topological polar surface area (TPSA) is 54.8 Å². The summed E-state index contributed by atoms with van der Waals surface area (Å²) in [5.41, 5.74) is 2.49. The largest absolute Gasteiger partial charge is 0.497 e. The number of carbonyl (C=O) groups is 2. The van der Waals surface area contributed by atoms with E-state index in [1.54, 1.807) is 12.0 Å². The Morgan fingerprint density at radius 2 is 1.76 bits per heavy atom. The fourth-order valence-corrected chi connectivity index (χ4v) is 4.29. The van der Waals surface area contributed by atoms with Gasteiger partial charge in [0.2, 0.25) is 5.91 Å². The lowest BCUT2D eigenvalue weighted by Gasteiger charge is -2.32. The molecule has 1 heterocycles. The molecule has 0 saturated carbocycles. The number of hydrogen-bond acceptors (Lipinski definition) is 3. The highest BCUT2D eigenvalue weighted by Gasteiger charge is 2.26. The molecule has 0 aliphatic heterocycles. The number of amides is 2. The smallest absolute Gasteiger partial charge is 0.254 e. The molecular weight excluding hydrogens is 469 g/mol. The quantitative estimate of drug-likeness (QED) is 0.320. The molecule has 3 aromatic rings. The van der Waals surface area contributed by atoms with E-state index in [0.717, 1.165) is 23.4 Å². The third-order valence-corrected chi connectivity index (χ3v) is 6.48. The maximum Gasteiger partial charge on any atom is 0.254 e. The highest BCUT2D eigenvalue weighted by molar-refractivity contribution is 5.96. The molecule has 3 rings (SSSR count). The first kappa shape index (κ1) is 28.0. The van der Waals surface area contributed by atoms with Crippen molar-refractivity contribution in [2.24, 2.45) is 5.92 Å². The van der Waals surface area contributed by atoms with Gasteiger partial charge < -0.3 is 19.1 Å². The summed E-state index contributed by atoms with van der Waals surface area (Å²) >= 11 is 0. The summed E-state index contributed by atoms with van der Waals surface area (Å²) in [6.45, 7) is 9.59. The maximum absolute atomic E-state index is 13.7. The van der Waals surface area contributed by atoms with E-state index in [0.29, 0.717) is 25.2 Å². The molecule has 0 fully saturated rings. The van der Waals surface area contributed by atoms with Crippen LogP contribution in [0.15, 0.2) is 66.9 Å². The summed E-state index contributed by atoms with van der Waals surface area (Å²) in [6, 6.07) is 17.4. The van der Waals surface area contributed by atoms with Crippen LogP contribution in [0.3, 0.4) is 0 Å². The number of ether oxygens (including phenoxy) is 1. The van der Waals surface area contributed by atoms with Crippen LogP contribution < -0.4 is 4.74 Å². The zero-order valence-corrected chi connectivity index (χ0v) is 22.5. The minimum absolute atomic E-state index is 0.00510. The Morgan fingerprint density at radius 3 is 2.41 bits per heavy atom. The van der Waals surface area contributed by atoms with Crippen molar-refractivity contribution in [3.05, 3.63) is 89.5 Å². The Balaban J connectivity index is 1.80. The van der Waals surface area contributed by atoms with Gasteiger partial charge in [-0.15, -0.1) is 0 Å². The first-order chi connectivity index (χ1) is 17.7. The maximum atomic E-state index is 13.7. The van der Waals surface area contributed by atoms with Gasteiger partial charge >= 0.3 is 0 Å². The second kappa shape index (κ2) is 13.1. The Kier molecular flexibility index (Phi) is 9.89. The molecule has 198 valence electrons. The fourth-order valence-electron chi connectivity index (χ4n) is 4.29. The molecular formula is C30H38FN3O3. The summed E-state index contributed by atoms with van der Waals surface area (Å²) < 4.78 is 20.9. The Morgan fingerprint density at radius 1 is 1.03 bits per heavy atom. The van der Waals surface area contributed by atoms with E-state index >= 15 is 0 Å². The van der Waals surface area contributed by atoms with Crippen LogP contribution in [0.25, 0.3) is 0 Å². The van der Waals surface area contributed by atoms with Crippen molar-refractivity contribution < 1.29 is 18.7 Å². The summed E-state index contributed by atoms with van der Waals surface area (Å²) in [5, 5.41) is 0. The molecule has 6 nitrogen and oxygen atoms in total. The van der Waals surface area contributed by atoms with Gasteiger partial charge in [-0.3, -0.25) is 9.59 Å². The summed E-state index contributed by atoms with van der Waals surface area (Å²) in [6.07, 6.45) is 2.80. The van der Waals surface area contributed by atoms with Gasteiger partial charge in [-0.1, -0.05) is 32.9 Å². The average Bonchev–Trinajstić information content (AvgIpc) is 3.32. The number of nitrogens with zero attached hydrogens (tertiary/aromatic N) is 3. The van der Waals surface area contributed by atoms with E-state index in [1.165, 1.54) is 24.3 Å². The second-order valence-corrected chi connectivity index (χ2v) is 9.84. The van der Waals surface area contributed by atoms with E-state index in [2.05, 4.69) is 17.6 Å². The minimum Gasteiger partial charge on any atom is -0.497 e. The molecule has 0 bridgehead atoms. The predicted octanol–water partition coefficient (Wildman–Crippen LogP) is 5.61. The number of hydrogen-bond donors (Lipinski definition) is 0. The standard InChI is InChI=1S/C30H38FN3O3/c1-6-23(4)34(20-27-10-8-16-32(27)19-24-9-7-11-28(17-24)37-5)29(35)21-33(18-22(2)3)30(36)25-12-14-26(31)15-13-25/h7-17,22-23H,6,18-21H2,1-5H3. The Hall–Kier alpha value is -3.61. The van der Waals surface area contributed by atoms with Crippen LogP contribution in [-0.4, -0.2) is 52.4 Å². The molecule has 0 aliphatic rings. The summed E-state index contributed by atoms with van der Waals surface area (Å²) in [4.78, 5) is 30.3. The lowest BCUT2D eigenvalue weighted by molar-refractivity contribution is -0.134. The fraction of sp³-hybridized carbons (Fsp3) is 0.400. The number of aromatic nitrogens is 1. The van der Waals surface area contributed by atoms with E-state index in [-0.39, 0.29) is 30.3 Å². The first-order valence-electron chi connectivity index (χ1n) is 12.8. The molecule has 1 atom stereocenters. The van der Waals surface area contributed by atoms with E-state index < -0.39 is 5.82 Å². The molecule has 7 heteroatoms. The van der Waals surface area contributed by atoms with Gasteiger partial charge in [0.1, 0.15) is 18.1 Å². The summed E-state index contributed by atoms with van der Waals surface area (Å²) in [5.74, 6) is 0.197. The third-order valence-electron chi connectivity index (χ3n) is 6.48. The molecule has 2 aromatic carbocycles. The van der Waals surface area contributed by atoms with Crippen molar-refractivity contribution in [1.82, 2.24) is 14.4 Å². The number of rotatable bonds is 12. The van der Waals surface area contributed by atoms with Crippen LogP contribution in [-0.2, 0) is 17.9 Å². The highest BCUT2D eigenvalue weighted by atomic mass is 19.1. The van der Waals surface area contributed by atoms with Crippen molar-refractivity contribution in [2.45, 2.75) is 53.2 Å². The number of methoxy groups -OCH3 is 1. The van der Waals surface area contributed by atoms with Crippen molar-refractivity contribution in [1.29, 1.82) is 0 Å². The molecule has 37 heavy (non-hydrogen) atoms. The van der Waals surface area contributed by atoms with Gasteiger partial charge in [-0.05, 0) is 73.4 Å². The van der Waals surface area contributed by atoms with Gasteiger partial charge in [0.05, 0.1) is 13.7 Å². The zero-order chi connectivity index (χ0) is 26.9. The van der Waals surface area contributed by atoms with Crippen LogP contribution in [0.5, 0.6) is 5.75 Å². The van der Waals surface area contributed by atoms with Crippen molar-refractivity contribution in [2.75, 3.05) is 20.2 Å². The number of halogens is 1. The molecule has 1 unspecified atom stereocenters. The van der Waals surface area contributed by atoms with Crippen LogP contribution >= 0.6 is 0 Å². The SMILES string of the molecule is CCC(C)N(Cc1cccn1Cc1cccc(OC)c1)C(=O)CN(CC(C)C)C(=O)c1ccc(F)cc1. The van der Waals surface area contributed by atoms with Crippen molar-refractivity contribution in [3.63, 3.8) is 0 Å². The van der Waals surface area contributed by atoms with E-state index in [4.69, 9.17) is 4.74 Å². The summed E-state index contributed by atoms with van der Waals surface area (Å²) in [7, 11) is 1.65. The van der Waals surface area contributed by atoms with Gasteiger partial charge in [0.25, 0.3) is 5.91 Å². The lowest BCUT2D eigenvalue weighted by Crippen LogP contribution is -2.47. The van der Waals surface area contributed by atoms with Crippen LogP contribution in [0.1, 0.15) is 55.7 Å². The molecule has 2 amide bonds. The predicted molar refractivity (Wildman–Crippen MR) is 144 cm³/mol. The Labute approximate surface area is 219 Å². The molecule has 0 N–H and O–H groups in total. The molecule has 1 aromatic heterocycles. The van der Waals surface area contributed by atoms with Crippen molar-refractivity contribution in [3.8, 4) is 5.75 Å². The first-order valence-corrected chi connectivity index (χ1v) is 12.8. The van der Waals surface area contributed by atoms with Gasteiger partial charge in [0.15, 0.2) is 0 Å². The van der Waals surface area contributed by atoms with Gasteiger partial charge in [0, 0.05) is 36.6 Å². The monoisotopic (exact) mass is 507 g/mol. The second-order valence-electron chi connectivity index (χ2n) is 9.84. The number of carbonyl (C=O) groups excluding carboxylic acids is 2. The number of benzene rings is 2. The van der Waals surface area contributed by atoms with Gasteiger partial charge in [-0.2, -0.15) is 0 Å². The zero-order valence-electron chi connectivity index (χ0n) is 22.5. The van der Waals surface area contributed by atoms with E-state index in [1.807, 2.05) is 62.2 Å². The highest BCUT2D eigenvalue weighted by Crippen LogP contribution is 2.18. The lowest BCUT2D eigenvalue weighted by atomic mass is 10.1. The normalized spacial score (nSPS) is 11.9. The minimum atomic E-state index is -0.400. The molecule has 0 aliphatic carbocycles. The van der Waals surface area contributed by atoms with Crippen LogP contribution in [0.4, 0.5) is 4.39 Å². The average molecular weight is 508 g/mol. The Bertz CT molecular complexity index is 1170. The molecule has 0 radical (unpaired) electrons. The molecule has 0 saturated heterocycles.